The molecule has 1 N–H and O–H groups in total. The summed E-state index contributed by atoms with van der Waals surface area (Å²) in [5.41, 5.74) is 2.05. The van der Waals surface area contributed by atoms with Gasteiger partial charge in [0.15, 0.2) is 0 Å². The minimum absolute atomic E-state index is 0.228. The van der Waals surface area contributed by atoms with Gasteiger partial charge in [-0.1, -0.05) is 13.5 Å². The Morgan fingerprint density at radius 2 is 2.29 bits per heavy atom. The van der Waals surface area contributed by atoms with Gasteiger partial charge in [-0.3, -0.25) is 5.41 Å². The molecule has 3 heteroatoms. The lowest BCUT2D eigenvalue weighted by atomic mass is 10.2. The van der Waals surface area contributed by atoms with E-state index in [9.17, 15) is 0 Å². The Bertz CT molecular complexity index is 402. The van der Waals surface area contributed by atoms with E-state index in [0.29, 0.717) is 6.54 Å². The van der Waals surface area contributed by atoms with E-state index < -0.39 is 0 Å². The highest BCUT2D eigenvalue weighted by Gasteiger charge is 2.10. The van der Waals surface area contributed by atoms with Crippen molar-refractivity contribution < 1.29 is 4.74 Å². The molecule has 1 heterocycles. The van der Waals surface area contributed by atoms with Crippen LogP contribution in [0, 0.1) is 5.41 Å². The zero-order valence-corrected chi connectivity index (χ0v) is 10.8. The van der Waals surface area contributed by atoms with Gasteiger partial charge in [-0.2, -0.15) is 0 Å². The Balaban J connectivity index is 2.51. The number of allylic oxidation sites excluding steroid dienone is 5. The Kier molecular flexibility index (Phi) is 4.76. The maximum atomic E-state index is 7.77. The predicted molar refractivity (Wildman–Crippen MR) is 71.6 cm³/mol. The van der Waals surface area contributed by atoms with E-state index in [2.05, 4.69) is 6.58 Å². The summed E-state index contributed by atoms with van der Waals surface area (Å²) in [7, 11) is 0. The predicted octanol–water partition coefficient (Wildman–Crippen LogP) is 3.58. The van der Waals surface area contributed by atoms with Gasteiger partial charge in [0, 0.05) is 11.9 Å². The highest BCUT2D eigenvalue weighted by molar-refractivity contribution is 5.76. The number of nitrogens with one attached hydrogen (secondary N) is 1. The lowest BCUT2D eigenvalue weighted by Crippen LogP contribution is -2.25. The molecule has 0 amide bonds. The molecule has 0 aliphatic carbocycles. The number of nitrogens with zero attached hydrogens (tertiary/aromatic N) is 1. The molecule has 92 valence electrons. The van der Waals surface area contributed by atoms with Crippen LogP contribution < -0.4 is 0 Å². The fourth-order valence-electron chi connectivity index (χ4n) is 1.56. The first-order valence-corrected chi connectivity index (χ1v) is 5.77. The second-order valence-electron chi connectivity index (χ2n) is 4.07. The zero-order chi connectivity index (χ0) is 12.8. The van der Waals surface area contributed by atoms with Gasteiger partial charge in [-0.15, -0.1) is 0 Å². The molecule has 0 aromatic heterocycles. The molecule has 3 nitrogen and oxygen atoms in total. The van der Waals surface area contributed by atoms with Gasteiger partial charge in [-0.05, 0) is 44.1 Å². The van der Waals surface area contributed by atoms with Gasteiger partial charge < -0.3 is 9.64 Å². The van der Waals surface area contributed by atoms with E-state index >= 15 is 0 Å². The van der Waals surface area contributed by atoms with Crippen LogP contribution in [0.2, 0.25) is 0 Å². The van der Waals surface area contributed by atoms with Crippen molar-refractivity contribution in [3.8, 4) is 0 Å². The third-order valence-electron chi connectivity index (χ3n) is 2.37. The molecule has 0 bridgehead atoms. The highest BCUT2D eigenvalue weighted by Crippen LogP contribution is 2.15. The Labute approximate surface area is 103 Å². The Morgan fingerprint density at radius 1 is 1.59 bits per heavy atom. The smallest absolute Gasteiger partial charge is 0.206 e. The minimum Gasteiger partial charge on any atom is -0.447 e. The van der Waals surface area contributed by atoms with Crippen molar-refractivity contribution in [3.63, 3.8) is 0 Å². The fraction of sp³-hybridized carbons (Fsp3) is 0.357. The molecule has 1 aliphatic heterocycles. The van der Waals surface area contributed by atoms with Crippen LogP contribution in [-0.4, -0.2) is 17.3 Å². The standard InChI is InChI=1S/C14H20N2O/c1-5-6-13(4)17-14(15)10-16-8-7-11(2)9-12(16)3/h6-9,15H,3,5,10H2,1-2,4H3/b13-6+,15-14?. The van der Waals surface area contributed by atoms with Crippen molar-refractivity contribution in [3.05, 3.63) is 48.0 Å². The lowest BCUT2D eigenvalue weighted by Gasteiger charge is -2.24. The Morgan fingerprint density at radius 3 is 2.88 bits per heavy atom. The summed E-state index contributed by atoms with van der Waals surface area (Å²) < 4.78 is 5.38. The number of hydrogen-bond acceptors (Lipinski definition) is 3. The number of hydrogen-bond donors (Lipinski definition) is 1. The summed E-state index contributed by atoms with van der Waals surface area (Å²) in [6, 6.07) is 0. The summed E-state index contributed by atoms with van der Waals surface area (Å²) in [5.74, 6) is 1.00. The van der Waals surface area contributed by atoms with Crippen molar-refractivity contribution >= 4 is 5.90 Å². The van der Waals surface area contributed by atoms with Crippen LogP contribution >= 0.6 is 0 Å². The van der Waals surface area contributed by atoms with Crippen LogP contribution in [0.1, 0.15) is 27.2 Å². The minimum atomic E-state index is 0.228. The molecule has 0 atom stereocenters. The topological polar surface area (TPSA) is 36.3 Å². The van der Waals surface area contributed by atoms with Crippen molar-refractivity contribution in [2.24, 2.45) is 0 Å². The van der Waals surface area contributed by atoms with Crippen LogP contribution in [0.4, 0.5) is 0 Å². The largest absolute Gasteiger partial charge is 0.447 e. The molecule has 1 aliphatic rings. The summed E-state index contributed by atoms with van der Waals surface area (Å²) in [6.45, 7) is 10.3. The van der Waals surface area contributed by atoms with Crippen LogP contribution in [0.5, 0.6) is 0 Å². The molecular formula is C14H20N2O. The third kappa shape index (κ3) is 4.31. The van der Waals surface area contributed by atoms with Crippen molar-refractivity contribution in [2.75, 3.05) is 6.54 Å². The average Bonchev–Trinajstić information content (AvgIpc) is 2.22. The highest BCUT2D eigenvalue weighted by atomic mass is 16.5. The summed E-state index contributed by atoms with van der Waals surface area (Å²) in [6.07, 6.45) is 8.78. The first-order chi connectivity index (χ1) is 8.02. The molecule has 17 heavy (non-hydrogen) atoms. The second kappa shape index (κ2) is 6.09. The molecule has 0 fully saturated rings. The molecule has 0 saturated heterocycles. The molecule has 0 spiro atoms. The van der Waals surface area contributed by atoms with Crippen LogP contribution in [0.3, 0.4) is 0 Å². The molecule has 1 rings (SSSR count). The average molecular weight is 232 g/mol. The van der Waals surface area contributed by atoms with E-state index in [-0.39, 0.29) is 5.90 Å². The fourth-order valence-corrected chi connectivity index (χ4v) is 1.56. The second-order valence-corrected chi connectivity index (χ2v) is 4.07. The van der Waals surface area contributed by atoms with Crippen molar-refractivity contribution in [1.29, 1.82) is 5.41 Å². The van der Waals surface area contributed by atoms with E-state index in [4.69, 9.17) is 10.1 Å². The van der Waals surface area contributed by atoms with Crippen molar-refractivity contribution in [1.82, 2.24) is 4.90 Å². The third-order valence-corrected chi connectivity index (χ3v) is 2.37. The van der Waals surface area contributed by atoms with E-state index in [0.717, 1.165) is 17.9 Å². The van der Waals surface area contributed by atoms with Gasteiger partial charge >= 0.3 is 0 Å². The SMILES string of the molecule is C=C1C=C(C)C=CN1CC(=N)O/C(C)=C/CC. The number of ether oxygens (including phenoxy) is 1. The quantitative estimate of drug-likeness (QED) is 0.457. The first kappa shape index (κ1) is 13.3. The molecule has 0 saturated carbocycles. The van der Waals surface area contributed by atoms with Crippen LogP contribution in [0.15, 0.2) is 48.0 Å². The van der Waals surface area contributed by atoms with E-state index in [1.807, 2.05) is 50.1 Å². The van der Waals surface area contributed by atoms with Gasteiger partial charge in [0.1, 0.15) is 0 Å². The summed E-state index contributed by atoms with van der Waals surface area (Å²) in [4.78, 5) is 1.90. The Hall–Kier alpha value is -1.77. The van der Waals surface area contributed by atoms with Gasteiger partial charge in [0.25, 0.3) is 0 Å². The first-order valence-electron chi connectivity index (χ1n) is 5.77. The molecule has 0 unspecified atom stereocenters. The lowest BCUT2D eigenvalue weighted by molar-refractivity contribution is 0.377. The van der Waals surface area contributed by atoms with Crippen LogP contribution in [0.25, 0.3) is 0 Å². The van der Waals surface area contributed by atoms with Gasteiger partial charge in [0.05, 0.1) is 12.3 Å². The van der Waals surface area contributed by atoms with Crippen LogP contribution in [-0.2, 0) is 4.74 Å². The molecular weight excluding hydrogens is 212 g/mol. The van der Waals surface area contributed by atoms with Crippen molar-refractivity contribution in [2.45, 2.75) is 27.2 Å². The summed E-state index contributed by atoms with van der Waals surface area (Å²) in [5, 5.41) is 7.77. The maximum Gasteiger partial charge on any atom is 0.206 e. The molecule has 0 aromatic carbocycles. The maximum absolute atomic E-state index is 7.77. The number of rotatable bonds is 4. The summed E-state index contributed by atoms with van der Waals surface area (Å²) >= 11 is 0. The normalized spacial score (nSPS) is 15.9. The van der Waals surface area contributed by atoms with E-state index in [1.165, 1.54) is 5.57 Å². The monoisotopic (exact) mass is 232 g/mol. The van der Waals surface area contributed by atoms with E-state index in [1.54, 1.807) is 0 Å². The van der Waals surface area contributed by atoms with Gasteiger partial charge in [-0.25, -0.2) is 0 Å². The van der Waals surface area contributed by atoms with Gasteiger partial charge in [0.2, 0.25) is 5.90 Å². The molecule has 0 radical (unpaired) electrons. The molecule has 0 aromatic rings. The zero-order valence-electron chi connectivity index (χ0n) is 10.8.